The summed E-state index contributed by atoms with van der Waals surface area (Å²) in [6, 6.07) is 10.5. The van der Waals surface area contributed by atoms with Crippen molar-refractivity contribution in [2.24, 2.45) is 0 Å². The van der Waals surface area contributed by atoms with Crippen molar-refractivity contribution >= 4 is 38.6 Å². The van der Waals surface area contributed by atoms with E-state index in [4.69, 9.17) is 14.2 Å². The Morgan fingerprint density at radius 3 is 2.16 bits per heavy atom. The highest BCUT2D eigenvalue weighted by atomic mass is 32.2. The number of rotatable bonds is 4. The Morgan fingerprint density at radius 1 is 0.969 bits per heavy atom. The first-order chi connectivity index (χ1) is 15.1. The van der Waals surface area contributed by atoms with Crippen LogP contribution in [0, 0.1) is 0 Å². The molecule has 0 fully saturated rings. The summed E-state index contributed by atoms with van der Waals surface area (Å²) >= 11 is 0. The predicted molar refractivity (Wildman–Crippen MR) is 113 cm³/mol. The Labute approximate surface area is 183 Å². The van der Waals surface area contributed by atoms with Crippen LogP contribution in [0.1, 0.15) is 27.2 Å². The fourth-order valence-electron chi connectivity index (χ4n) is 4.35. The molecule has 0 bridgehead atoms. The average Bonchev–Trinajstić information content (AvgIpc) is 3.14. The molecule has 1 aromatic heterocycles. The highest BCUT2D eigenvalue weighted by Gasteiger charge is 2.61. The molecule has 10 heteroatoms. The van der Waals surface area contributed by atoms with Crippen molar-refractivity contribution in [2.75, 3.05) is 27.6 Å². The van der Waals surface area contributed by atoms with Gasteiger partial charge in [-0.15, -0.1) is 0 Å². The zero-order valence-electron chi connectivity index (χ0n) is 17.7. The number of nitrogens with zero attached hydrogens (tertiary/aromatic N) is 1. The van der Waals surface area contributed by atoms with Crippen LogP contribution in [-0.2, 0) is 34.5 Å². The summed E-state index contributed by atoms with van der Waals surface area (Å²) in [6.45, 7) is 0. The second-order valence-electron chi connectivity index (χ2n) is 7.24. The predicted octanol–water partition coefficient (Wildman–Crippen LogP) is 1.63. The van der Waals surface area contributed by atoms with Crippen LogP contribution in [0.4, 0.5) is 0 Å². The number of ketones is 1. The van der Waals surface area contributed by atoms with E-state index in [1.165, 1.54) is 31.4 Å². The molecule has 0 aliphatic heterocycles. The van der Waals surface area contributed by atoms with Crippen LogP contribution >= 0.6 is 0 Å². The third-order valence-electron chi connectivity index (χ3n) is 5.60. The summed E-state index contributed by atoms with van der Waals surface area (Å²) in [5.41, 5.74) is -2.72. The third-order valence-corrected chi connectivity index (χ3v) is 6.65. The van der Waals surface area contributed by atoms with Crippen LogP contribution in [0.5, 0.6) is 5.75 Å². The summed E-state index contributed by atoms with van der Waals surface area (Å²) in [4.78, 5) is 40.4. The molecule has 1 aliphatic carbocycles. The number of fused-ring (bicyclic) bond motifs is 4. The van der Waals surface area contributed by atoms with E-state index in [2.05, 4.69) is 0 Å². The number of aromatic nitrogens is 1. The van der Waals surface area contributed by atoms with Gasteiger partial charge in [-0.1, -0.05) is 18.2 Å². The first kappa shape index (κ1) is 21.6. The maximum absolute atomic E-state index is 13.6. The SMILES string of the molecule is COC(=O)C1(C(=O)OC)c2cc(OC)ccc2C(=O)c2c1n(S(C)(=O)=O)c1ccccc21. The minimum absolute atomic E-state index is 0.0329. The summed E-state index contributed by atoms with van der Waals surface area (Å²) in [6.07, 6.45) is 0.921. The Kier molecular flexibility index (Phi) is 4.85. The molecule has 0 radical (unpaired) electrons. The number of ether oxygens (including phenoxy) is 3. The van der Waals surface area contributed by atoms with E-state index in [0.717, 1.165) is 24.4 Å². The van der Waals surface area contributed by atoms with Crippen molar-refractivity contribution in [3.05, 3.63) is 64.8 Å². The number of para-hydroxylation sites is 1. The first-order valence-corrected chi connectivity index (χ1v) is 11.2. The number of carbonyl (C=O) groups excluding carboxylic acids is 3. The molecule has 0 saturated carbocycles. The molecule has 32 heavy (non-hydrogen) atoms. The van der Waals surface area contributed by atoms with Crippen LogP contribution < -0.4 is 4.74 Å². The van der Waals surface area contributed by atoms with E-state index >= 15 is 0 Å². The van der Waals surface area contributed by atoms with Crippen molar-refractivity contribution in [1.29, 1.82) is 0 Å². The normalized spacial score (nSPS) is 14.4. The zero-order chi connectivity index (χ0) is 23.4. The van der Waals surface area contributed by atoms with Crippen molar-refractivity contribution in [3.63, 3.8) is 0 Å². The van der Waals surface area contributed by atoms with Crippen molar-refractivity contribution in [2.45, 2.75) is 5.41 Å². The zero-order valence-corrected chi connectivity index (χ0v) is 18.5. The first-order valence-electron chi connectivity index (χ1n) is 9.39. The van der Waals surface area contributed by atoms with Gasteiger partial charge in [-0.25, -0.2) is 12.4 Å². The molecule has 1 aliphatic rings. The van der Waals surface area contributed by atoms with E-state index in [9.17, 15) is 22.8 Å². The molecule has 2 aromatic carbocycles. The van der Waals surface area contributed by atoms with Gasteiger partial charge in [0, 0.05) is 16.5 Å². The Bertz CT molecular complexity index is 1400. The number of esters is 2. The molecule has 166 valence electrons. The van der Waals surface area contributed by atoms with Gasteiger partial charge in [0.1, 0.15) is 5.75 Å². The van der Waals surface area contributed by atoms with Gasteiger partial charge in [-0.2, -0.15) is 0 Å². The summed E-state index contributed by atoms with van der Waals surface area (Å²) in [5.74, 6) is -2.49. The molecule has 0 N–H and O–H groups in total. The molecule has 0 amide bonds. The molecule has 9 nitrogen and oxygen atoms in total. The van der Waals surface area contributed by atoms with E-state index in [1.807, 2.05) is 0 Å². The molecular weight excluding hydrogens is 438 g/mol. The molecule has 0 unspecified atom stereocenters. The Balaban J connectivity index is 2.36. The number of hydrogen-bond donors (Lipinski definition) is 0. The monoisotopic (exact) mass is 457 g/mol. The summed E-state index contributed by atoms with van der Waals surface area (Å²) in [5, 5.41) is 0.275. The fourth-order valence-corrected chi connectivity index (χ4v) is 5.43. The lowest BCUT2D eigenvalue weighted by Crippen LogP contribution is -2.52. The minimum Gasteiger partial charge on any atom is -0.497 e. The van der Waals surface area contributed by atoms with Crippen molar-refractivity contribution < 1.29 is 37.0 Å². The highest BCUT2D eigenvalue weighted by molar-refractivity contribution is 7.89. The number of hydrogen-bond acceptors (Lipinski definition) is 8. The lowest BCUT2D eigenvalue weighted by Gasteiger charge is -2.34. The molecular formula is C22H19NO8S. The Morgan fingerprint density at radius 2 is 1.59 bits per heavy atom. The molecule has 1 heterocycles. The van der Waals surface area contributed by atoms with Crippen LogP contribution in [0.15, 0.2) is 42.5 Å². The molecule has 0 spiro atoms. The Hall–Kier alpha value is -3.66. The fraction of sp³-hybridized carbons (Fsp3) is 0.227. The summed E-state index contributed by atoms with van der Waals surface area (Å²) < 4.78 is 42.0. The number of benzene rings is 2. The van der Waals surface area contributed by atoms with Gasteiger partial charge in [0.25, 0.3) is 0 Å². The molecule has 4 rings (SSSR count). The van der Waals surface area contributed by atoms with E-state index in [-0.39, 0.29) is 39.0 Å². The van der Waals surface area contributed by atoms with Gasteiger partial charge in [-0.05, 0) is 24.3 Å². The lowest BCUT2D eigenvalue weighted by atomic mass is 9.68. The second-order valence-corrected chi connectivity index (χ2v) is 9.07. The van der Waals surface area contributed by atoms with Crippen LogP contribution in [-0.4, -0.2) is 57.7 Å². The van der Waals surface area contributed by atoms with Crippen LogP contribution in [0.2, 0.25) is 0 Å². The van der Waals surface area contributed by atoms with E-state index in [1.54, 1.807) is 18.2 Å². The summed E-state index contributed by atoms with van der Waals surface area (Å²) in [7, 11) is -0.596. The number of carbonyl (C=O) groups is 3. The maximum Gasteiger partial charge on any atom is 0.334 e. The van der Waals surface area contributed by atoms with Crippen LogP contribution in [0.25, 0.3) is 10.9 Å². The average molecular weight is 457 g/mol. The topological polar surface area (TPSA) is 118 Å². The minimum atomic E-state index is -4.11. The van der Waals surface area contributed by atoms with Gasteiger partial charge in [0.2, 0.25) is 15.4 Å². The van der Waals surface area contributed by atoms with Crippen molar-refractivity contribution in [1.82, 2.24) is 3.97 Å². The van der Waals surface area contributed by atoms with Gasteiger partial charge in [-0.3, -0.25) is 14.4 Å². The van der Waals surface area contributed by atoms with Gasteiger partial charge in [0.05, 0.1) is 44.4 Å². The highest BCUT2D eigenvalue weighted by Crippen LogP contribution is 2.48. The lowest BCUT2D eigenvalue weighted by molar-refractivity contribution is -0.159. The molecule has 0 atom stereocenters. The van der Waals surface area contributed by atoms with Gasteiger partial charge >= 0.3 is 11.9 Å². The quantitative estimate of drug-likeness (QED) is 0.429. The molecule has 3 aromatic rings. The van der Waals surface area contributed by atoms with Gasteiger partial charge in [0.15, 0.2) is 5.78 Å². The standard InChI is InChI=1S/C22H19NO8S/c1-29-12-9-10-13-15(11-12)22(20(25)30-2,21(26)31-3)19-17(18(13)24)14-7-5-6-8-16(14)23(19)32(4,27)28/h5-11H,1-4H3. The van der Waals surface area contributed by atoms with Gasteiger partial charge < -0.3 is 14.2 Å². The largest absolute Gasteiger partial charge is 0.497 e. The third kappa shape index (κ3) is 2.62. The maximum atomic E-state index is 13.6. The van der Waals surface area contributed by atoms with Crippen LogP contribution in [0.3, 0.4) is 0 Å². The smallest absolute Gasteiger partial charge is 0.334 e. The van der Waals surface area contributed by atoms with Crippen molar-refractivity contribution in [3.8, 4) is 5.75 Å². The second kappa shape index (κ2) is 7.20. The molecule has 0 saturated heterocycles. The number of methoxy groups -OCH3 is 3. The van der Waals surface area contributed by atoms with E-state index in [0.29, 0.717) is 0 Å². The van der Waals surface area contributed by atoms with E-state index < -0.39 is 33.2 Å².